The zero-order valence-electron chi connectivity index (χ0n) is 15.9. The van der Waals surface area contributed by atoms with Gasteiger partial charge >= 0.3 is 0 Å². The van der Waals surface area contributed by atoms with Crippen molar-refractivity contribution >= 4 is 44.8 Å². The molecule has 0 saturated carbocycles. The highest BCUT2D eigenvalue weighted by Gasteiger charge is 2.32. The van der Waals surface area contributed by atoms with E-state index < -0.39 is 10.0 Å². The highest BCUT2D eigenvalue weighted by Crippen LogP contribution is 2.29. The Balaban J connectivity index is 1.61. The first-order valence-electron chi connectivity index (χ1n) is 9.30. The second-order valence-electron chi connectivity index (χ2n) is 6.70. The Morgan fingerprint density at radius 2 is 1.79 bits per heavy atom. The van der Waals surface area contributed by atoms with Crippen LogP contribution in [0.4, 0.5) is 5.69 Å². The molecule has 1 saturated heterocycles. The van der Waals surface area contributed by atoms with Gasteiger partial charge in [0.15, 0.2) is 0 Å². The van der Waals surface area contributed by atoms with E-state index in [-0.39, 0.29) is 29.8 Å². The Bertz CT molecular complexity index is 972. The third-order valence-corrected chi connectivity index (χ3v) is 7.26. The SMILES string of the molecule is CCOc1ccc(S(=O)(=O)N2CCC(C(=O)Nc3cc(Cl)ccc3Cl)CC2)cc1. The summed E-state index contributed by atoms with van der Waals surface area (Å²) in [4.78, 5) is 12.8. The summed E-state index contributed by atoms with van der Waals surface area (Å²) in [5.74, 6) is 0.144. The van der Waals surface area contributed by atoms with E-state index in [4.69, 9.17) is 27.9 Å². The van der Waals surface area contributed by atoms with Crippen LogP contribution >= 0.6 is 23.2 Å². The van der Waals surface area contributed by atoms with E-state index in [2.05, 4.69) is 5.32 Å². The number of rotatable bonds is 6. The molecule has 0 aromatic heterocycles. The molecular formula is C20H22Cl2N2O4S. The van der Waals surface area contributed by atoms with Crippen molar-refractivity contribution in [2.24, 2.45) is 5.92 Å². The van der Waals surface area contributed by atoms with Crippen molar-refractivity contribution in [3.05, 3.63) is 52.5 Å². The summed E-state index contributed by atoms with van der Waals surface area (Å²) in [5, 5.41) is 3.66. The maximum atomic E-state index is 12.9. The topological polar surface area (TPSA) is 75.7 Å². The van der Waals surface area contributed by atoms with E-state index in [0.29, 0.717) is 40.9 Å². The molecule has 0 unspecified atom stereocenters. The molecule has 1 amide bonds. The van der Waals surface area contributed by atoms with Gasteiger partial charge in [0.05, 0.1) is 22.2 Å². The number of ether oxygens (including phenoxy) is 1. The van der Waals surface area contributed by atoms with Crippen LogP contribution in [0.1, 0.15) is 19.8 Å². The number of piperidine rings is 1. The number of nitrogens with zero attached hydrogens (tertiary/aromatic N) is 1. The maximum Gasteiger partial charge on any atom is 0.243 e. The van der Waals surface area contributed by atoms with E-state index in [9.17, 15) is 13.2 Å². The van der Waals surface area contributed by atoms with Crippen molar-refractivity contribution in [1.82, 2.24) is 4.31 Å². The number of anilines is 1. The van der Waals surface area contributed by atoms with Gasteiger partial charge < -0.3 is 10.1 Å². The summed E-state index contributed by atoms with van der Waals surface area (Å²) < 4.78 is 32.5. The lowest BCUT2D eigenvalue weighted by molar-refractivity contribution is -0.120. The van der Waals surface area contributed by atoms with E-state index >= 15 is 0 Å². The van der Waals surface area contributed by atoms with Gasteiger partial charge in [-0.15, -0.1) is 0 Å². The monoisotopic (exact) mass is 456 g/mol. The van der Waals surface area contributed by atoms with Crippen LogP contribution in [0.2, 0.25) is 10.0 Å². The number of nitrogens with one attached hydrogen (secondary N) is 1. The van der Waals surface area contributed by atoms with Crippen LogP contribution in [0.3, 0.4) is 0 Å². The van der Waals surface area contributed by atoms with Crippen LogP contribution in [-0.2, 0) is 14.8 Å². The molecular weight excluding hydrogens is 435 g/mol. The zero-order valence-corrected chi connectivity index (χ0v) is 18.2. The number of hydrogen-bond donors (Lipinski definition) is 1. The van der Waals surface area contributed by atoms with Crippen molar-refractivity contribution in [3.8, 4) is 5.75 Å². The molecule has 0 bridgehead atoms. The number of carbonyl (C=O) groups is 1. The maximum absolute atomic E-state index is 12.9. The summed E-state index contributed by atoms with van der Waals surface area (Å²) in [5.41, 5.74) is 0.452. The smallest absolute Gasteiger partial charge is 0.243 e. The van der Waals surface area contributed by atoms with Crippen LogP contribution in [0.15, 0.2) is 47.4 Å². The fourth-order valence-electron chi connectivity index (χ4n) is 3.21. The molecule has 156 valence electrons. The second-order valence-corrected chi connectivity index (χ2v) is 9.48. The lowest BCUT2D eigenvalue weighted by atomic mass is 9.97. The van der Waals surface area contributed by atoms with E-state index in [1.165, 1.54) is 4.31 Å². The highest BCUT2D eigenvalue weighted by atomic mass is 35.5. The summed E-state index contributed by atoms with van der Waals surface area (Å²) >= 11 is 12.0. The first-order chi connectivity index (χ1) is 13.8. The fraction of sp³-hybridized carbons (Fsp3) is 0.350. The fourth-order valence-corrected chi connectivity index (χ4v) is 5.02. The lowest BCUT2D eigenvalue weighted by Crippen LogP contribution is -2.41. The molecule has 1 N–H and O–H groups in total. The number of amides is 1. The minimum Gasteiger partial charge on any atom is -0.494 e. The van der Waals surface area contributed by atoms with Gasteiger partial charge in [0.2, 0.25) is 15.9 Å². The van der Waals surface area contributed by atoms with Crippen LogP contribution in [0.25, 0.3) is 0 Å². The third kappa shape index (κ3) is 5.22. The van der Waals surface area contributed by atoms with Crippen molar-refractivity contribution in [2.75, 3.05) is 25.0 Å². The molecule has 0 radical (unpaired) electrons. The van der Waals surface area contributed by atoms with E-state index in [0.717, 1.165) is 0 Å². The van der Waals surface area contributed by atoms with Crippen molar-refractivity contribution in [1.29, 1.82) is 0 Å². The van der Waals surface area contributed by atoms with Gasteiger partial charge in [-0.3, -0.25) is 4.79 Å². The molecule has 0 spiro atoms. The van der Waals surface area contributed by atoms with Gasteiger partial charge in [0, 0.05) is 24.0 Å². The summed E-state index contributed by atoms with van der Waals surface area (Å²) in [6.07, 6.45) is 0.862. The largest absolute Gasteiger partial charge is 0.494 e. The molecule has 0 aliphatic carbocycles. The predicted molar refractivity (Wildman–Crippen MR) is 114 cm³/mol. The average Bonchev–Trinajstić information content (AvgIpc) is 2.71. The van der Waals surface area contributed by atoms with Gasteiger partial charge in [-0.05, 0) is 62.2 Å². The Morgan fingerprint density at radius 3 is 2.41 bits per heavy atom. The molecule has 29 heavy (non-hydrogen) atoms. The summed E-state index contributed by atoms with van der Waals surface area (Å²) in [7, 11) is -3.61. The summed E-state index contributed by atoms with van der Waals surface area (Å²) in [6.45, 7) is 2.93. The van der Waals surface area contributed by atoms with Gasteiger partial charge in [-0.1, -0.05) is 23.2 Å². The molecule has 1 heterocycles. The van der Waals surface area contributed by atoms with Crippen molar-refractivity contribution < 1.29 is 17.9 Å². The van der Waals surface area contributed by atoms with Crippen LogP contribution in [0, 0.1) is 5.92 Å². The first kappa shape index (κ1) is 21.9. The number of hydrogen-bond acceptors (Lipinski definition) is 4. The molecule has 6 nitrogen and oxygen atoms in total. The standard InChI is InChI=1S/C20H22Cl2N2O4S/c1-2-28-16-4-6-17(7-5-16)29(26,27)24-11-9-14(10-12-24)20(25)23-19-13-15(21)3-8-18(19)22/h3-8,13-14H,2,9-12H2,1H3,(H,23,25). The predicted octanol–water partition coefficient (Wildman–Crippen LogP) is 4.43. The molecule has 1 fully saturated rings. The minimum absolute atomic E-state index is 0.188. The van der Waals surface area contributed by atoms with Gasteiger partial charge in [-0.2, -0.15) is 4.31 Å². The number of halogens is 2. The molecule has 3 rings (SSSR count). The van der Waals surface area contributed by atoms with Crippen LogP contribution in [0.5, 0.6) is 5.75 Å². The van der Waals surface area contributed by atoms with Crippen LogP contribution < -0.4 is 10.1 Å². The Labute approximate surface area is 180 Å². The van der Waals surface area contributed by atoms with Crippen molar-refractivity contribution in [2.45, 2.75) is 24.7 Å². The minimum atomic E-state index is -3.61. The Morgan fingerprint density at radius 1 is 1.14 bits per heavy atom. The molecule has 1 aliphatic rings. The Kier molecular flexibility index (Phi) is 7.05. The lowest BCUT2D eigenvalue weighted by Gasteiger charge is -2.30. The average molecular weight is 457 g/mol. The summed E-state index contributed by atoms with van der Waals surface area (Å²) in [6, 6.07) is 11.2. The van der Waals surface area contributed by atoms with Crippen molar-refractivity contribution in [3.63, 3.8) is 0 Å². The van der Waals surface area contributed by atoms with Gasteiger partial charge in [0.1, 0.15) is 5.75 Å². The molecule has 2 aromatic rings. The quantitative estimate of drug-likeness (QED) is 0.697. The number of benzene rings is 2. The normalized spacial score (nSPS) is 15.8. The molecule has 1 aliphatic heterocycles. The zero-order chi connectivity index (χ0) is 21.0. The first-order valence-corrected chi connectivity index (χ1v) is 11.5. The third-order valence-electron chi connectivity index (χ3n) is 4.78. The molecule has 9 heteroatoms. The molecule has 0 atom stereocenters. The van der Waals surface area contributed by atoms with Crippen LogP contribution in [-0.4, -0.2) is 38.3 Å². The van der Waals surface area contributed by atoms with E-state index in [1.807, 2.05) is 6.92 Å². The Hall–Kier alpha value is -1.80. The van der Waals surface area contributed by atoms with Gasteiger partial charge in [-0.25, -0.2) is 8.42 Å². The van der Waals surface area contributed by atoms with Gasteiger partial charge in [0.25, 0.3) is 0 Å². The second kappa shape index (κ2) is 9.34. The molecule has 2 aromatic carbocycles. The highest BCUT2D eigenvalue weighted by molar-refractivity contribution is 7.89. The van der Waals surface area contributed by atoms with E-state index in [1.54, 1.807) is 42.5 Å². The number of sulfonamides is 1. The number of carbonyl (C=O) groups excluding carboxylic acids is 1.